The molecule has 62 heavy (non-hydrogen) atoms. The van der Waals surface area contributed by atoms with Crippen LogP contribution in [0.1, 0.15) is 49.9 Å². The summed E-state index contributed by atoms with van der Waals surface area (Å²) in [6.45, 7) is 9.44. The molecule has 296 valence electrons. The van der Waals surface area contributed by atoms with Gasteiger partial charge in [-0.15, -0.1) is 0 Å². The van der Waals surface area contributed by atoms with Crippen molar-refractivity contribution in [3.05, 3.63) is 229 Å². The molecule has 0 N–H and O–H groups in total. The molecular formula is C60H46N2. The van der Waals surface area contributed by atoms with Crippen molar-refractivity contribution in [2.75, 3.05) is 9.80 Å². The largest absolute Gasteiger partial charge is 0.310 e. The molecule has 0 spiro atoms. The SMILES string of the molecule is CC1(C)c2ccccc2-c2cc(N(c3ccccc3)c3cc4cc(N(c5ccccc5)c5ccc6c(c5)C(C)(C)c5ccccc5-6)c5ccccc5c4c4ccccc34)ccc21. The van der Waals surface area contributed by atoms with Gasteiger partial charge in [-0.2, -0.15) is 0 Å². The Morgan fingerprint density at radius 1 is 0.290 bits per heavy atom. The molecule has 0 heterocycles. The molecule has 0 unspecified atom stereocenters. The topological polar surface area (TPSA) is 6.48 Å². The first-order chi connectivity index (χ1) is 30.3. The third kappa shape index (κ3) is 5.29. The molecule has 0 aliphatic heterocycles. The van der Waals surface area contributed by atoms with Gasteiger partial charge in [-0.25, -0.2) is 0 Å². The molecule has 10 aromatic rings. The Hall–Kier alpha value is -7.42. The van der Waals surface area contributed by atoms with E-state index in [1.807, 2.05) is 0 Å². The van der Waals surface area contributed by atoms with Gasteiger partial charge in [-0.05, 0) is 127 Å². The number of para-hydroxylation sites is 2. The Kier molecular flexibility index (Phi) is 7.96. The zero-order valence-electron chi connectivity index (χ0n) is 35.5. The molecule has 0 radical (unpaired) electrons. The van der Waals surface area contributed by atoms with E-state index in [0.717, 1.165) is 34.1 Å². The number of rotatable bonds is 6. The van der Waals surface area contributed by atoms with Crippen LogP contribution in [0.5, 0.6) is 0 Å². The average molecular weight is 795 g/mol. The molecule has 2 aliphatic rings. The molecule has 2 nitrogen and oxygen atoms in total. The molecule has 2 aliphatic carbocycles. The third-order valence-corrected chi connectivity index (χ3v) is 14.0. The van der Waals surface area contributed by atoms with E-state index < -0.39 is 0 Å². The zero-order valence-corrected chi connectivity index (χ0v) is 35.5. The Morgan fingerprint density at radius 3 is 1.26 bits per heavy atom. The van der Waals surface area contributed by atoms with E-state index >= 15 is 0 Å². The summed E-state index contributed by atoms with van der Waals surface area (Å²) >= 11 is 0. The lowest BCUT2D eigenvalue weighted by Gasteiger charge is -2.31. The van der Waals surface area contributed by atoms with Crippen LogP contribution in [0, 0.1) is 0 Å². The molecule has 0 aromatic heterocycles. The van der Waals surface area contributed by atoms with Crippen molar-refractivity contribution in [2.45, 2.75) is 38.5 Å². The van der Waals surface area contributed by atoms with E-state index in [-0.39, 0.29) is 10.8 Å². The molecule has 0 bridgehead atoms. The molecule has 12 rings (SSSR count). The van der Waals surface area contributed by atoms with Gasteiger partial charge in [0.15, 0.2) is 0 Å². The summed E-state index contributed by atoms with van der Waals surface area (Å²) in [7, 11) is 0. The maximum absolute atomic E-state index is 2.48. The minimum atomic E-state index is -0.125. The van der Waals surface area contributed by atoms with Crippen LogP contribution in [0.3, 0.4) is 0 Å². The van der Waals surface area contributed by atoms with E-state index in [2.05, 4.69) is 244 Å². The Bertz CT molecular complexity index is 3410. The van der Waals surface area contributed by atoms with E-state index in [9.17, 15) is 0 Å². The van der Waals surface area contributed by atoms with E-state index in [0.29, 0.717) is 0 Å². The van der Waals surface area contributed by atoms with Crippen LogP contribution in [0.15, 0.2) is 206 Å². The summed E-state index contributed by atoms with van der Waals surface area (Å²) in [5, 5.41) is 7.35. The predicted molar refractivity (Wildman–Crippen MR) is 263 cm³/mol. The van der Waals surface area contributed by atoms with Crippen molar-refractivity contribution in [1.82, 2.24) is 0 Å². The number of hydrogen-bond donors (Lipinski definition) is 0. The number of anilines is 6. The van der Waals surface area contributed by atoms with Gasteiger partial charge < -0.3 is 9.80 Å². The second-order valence-corrected chi connectivity index (χ2v) is 18.1. The van der Waals surface area contributed by atoms with Gasteiger partial charge in [-0.1, -0.05) is 173 Å². The lowest BCUT2D eigenvalue weighted by atomic mass is 9.82. The molecule has 0 saturated carbocycles. The molecule has 0 fully saturated rings. The minimum Gasteiger partial charge on any atom is -0.310 e. The molecule has 2 heteroatoms. The van der Waals surface area contributed by atoms with Gasteiger partial charge in [0, 0.05) is 44.4 Å². The van der Waals surface area contributed by atoms with Crippen molar-refractivity contribution in [1.29, 1.82) is 0 Å². The van der Waals surface area contributed by atoms with Gasteiger partial charge in [-0.3, -0.25) is 0 Å². The number of benzene rings is 10. The fraction of sp³-hybridized carbons (Fsp3) is 0.100. The number of nitrogens with zero attached hydrogens (tertiary/aromatic N) is 2. The van der Waals surface area contributed by atoms with Gasteiger partial charge in [0.1, 0.15) is 0 Å². The zero-order chi connectivity index (χ0) is 41.7. The maximum atomic E-state index is 2.48. The lowest BCUT2D eigenvalue weighted by Crippen LogP contribution is -2.16. The molecular weight excluding hydrogens is 749 g/mol. The molecule has 10 aromatic carbocycles. The molecule has 0 amide bonds. The summed E-state index contributed by atoms with van der Waals surface area (Å²) in [6.07, 6.45) is 0. The van der Waals surface area contributed by atoms with Crippen LogP contribution >= 0.6 is 0 Å². The number of fused-ring (bicyclic) bond motifs is 11. The smallest absolute Gasteiger partial charge is 0.0546 e. The Balaban J connectivity index is 1.12. The number of hydrogen-bond acceptors (Lipinski definition) is 2. The van der Waals surface area contributed by atoms with E-state index in [4.69, 9.17) is 0 Å². The van der Waals surface area contributed by atoms with Crippen molar-refractivity contribution in [2.24, 2.45) is 0 Å². The second-order valence-electron chi connectivity index (χ2n) is 18.1. The first kappa shape index (κ1) is 36.4. The van der Waals surface area contributed by atoms with E-state index in [1.54, 1.807) is 0 Å². The quantitative estimate of drug-likeness (QED) is 0.155. The van der Waals surface area contributed by atoms with Gasteiger partial charge in [0.2, 0.25) is 0 Å². The molecule has 0 atom stereocenters. The Labute approximate surface area is 364 Å². The fourth-order valence-corrected chi connectivity index (χ4v) is 11.0. The highest BCUT2D eigenvalue weighted by Crippen LogP contribution is 2.54. The minimum absolute atomic E-state index is 0.0711. The van der Waals surface area contributed by atoms with Crippen molar-refractivity contribution >= 4 is 66.4 Å². The second kappa shape index (κ2) is 13.5. The van der Waals surface area contributed by atoms with Gasteiger partial charge in [0.05, 0.1) is 11.4 Å². The average Bonchev–Trinajstić information content (AvgIpc) is 3.68. The van der Waals surface area contributed by atoms with Crippen molar-refractivity contribution in [3.63, 3.8) is 0 Å². The summed E-state index contributed by atoms with van der Waals surface area (Å²) < 4.78 is 0. The Morgan fingerprint density at radius 2 is 0.694 bits per heavy atom. The first-order valence-corrected chi connectivity index (χ1v) is 21.9. The van der Waals surface area contributed by atoms with Crippen molar-refractivity contribution in [3.8, 4) is 22.3 Å². The summed E-state index contributed by atoms with van der Waals surface area (Å²) in [5.41, 5.74) is 17.4. The van der Waals surface area contributed by atoms with E-state index in [1.165, 1.54) is 76.8 Å². The highest BCUT2D eigenvalue weighted by atomic mass is 15.2. The monoisotopic (exact) mass is 794 g/mol. The summed E-state index contributed by atoms with van der Waals surface area (Å²) in [5.74, 6) is 0. The summed E-state index contributed by atoms with van der Waals surface area (Å²) in [6, 6.07) is 76.7. The third-order valence-electron chi connectivity index (χ3n) is 14.0. The van der Waals surface area contributed by atoms with Gasteiger partial charge in [0.25, 0.3) is 0 Å². The van der Waals surface area contributed by atoms with Crippen molar-refractivity contribution < 1.29 is 0 Å². The predicted octanol–water partition coefficient (Wildman–Crippen LogP) is 16.7. The van der Waals surface area contributed by atoms with Crippen LogP contribution in [0.2, 0.25) is 0 Å². The van der Waals surface area contributed by atoms with Crippen LogP contribution in [-0.4, -0.2) is 0 Å². The van der Waals surface area contributed by atoms with Crippen LogP contribution in [-0.2, 0) is 10.8 Å². The summed E-state index contributed by atoms with van der Waals surface area (Å²) in [4.78, 5) is 4.95. The standard InChI is InChI=1S/C60H46N2/c1-59(2)53-30-18-16-24-45(53)51-37-42(32-34-54(51)59)61(40-19-7-5-8-20-40)56-35-39-36-57(48-26-12-14-28-50(48)58(39)49-27-13-11-25-47(49)56)62(41-21-9-6-10-22-41)43-31-33-46-44-23-15-17-29-52(44)60(3,4)55(46)38-43/h5-38H,1-4H3. The van der Waals surface area contributed by atoms with Gasteiger partial charge >= 0.3 is 0 Å². The van der Waals surface area contributed by atoms with Crippen LogP contribution < -0.4 is 9.80 Å². The molecule has 0 saturated heterocycles. The maximum Gasteiger partial charge on any atom is 0.0546 e. The normalized spacial score (nSPS) is 14.1. The lowest BCUT2D eigenvalue weighted by molar-refractivity contribution is 0.660. The van der Waals surface area contributed by atoms with Crippen LogP contribution in [0.4, 0.5) is 34.1 Å². The highest BCUT2D eigenvalue weighted by molar-refractivity contribution is 6.26. The highest BCUT2D eigenvalue weighted by Gasteiger charge is 2.37. The first-order valence-electron chi connectivity index (χ1n) is 21.9. The van der Waals surface area contributed by atoms with Crippen LogP contribution in [0.25, 0.3) is 54.6 Å². The fourth-order valence-electron chi connectivity index (χ4n) is 11.0.